The molecule has 0 atom stereocenters. The number of nitrogens with zero attached hydrogens (tertiary/aromatic N) is 1. The standard InChI is InChI=1S/C15H20BrFN2O2/c1-21-10-15(20)19-6-4-12(5-7-19)18-9-11-2-3-13(16)14(17)8-11/h2-3,8,12,18H,4-7,9-10H2,1H3. The number of ether oxygens (including phenoxy) is 1. The highest BCUT2D eigenvalue weighted by Crippen LogP contribution is 2.17. The molecular formula is C15H20BrFN2O2. The molecule has 1 aromatic carbocycles. The van der Waals surface area contributed by atoms with E-state index in [9.17, 15) is 9.18 Å². The molecule has 1 amide bonds. The van der Waals surface area contributed by atoms with E-state index in [0.29, 0.717) is 17.1 Å². The van der Waals surface area contributed by atoms with Gasteiger partial charge in [-0.2, -0.15) is 0 Å². The number of carbonyl (C=O) groups is 1. The molecule has 6 heteroatoms. The van der Waals surface area contributed by atoms with Crippen molar-refractivity contribution in [3.63, 3.8) is 0 Å². The molecule has 1 aliphatic rings. The van der Waals surface area contributed by atoms with E-state index in [2.05, 4.69) is 21.2 Å². The van der Waals surface area contributed by atoms with Crippen LogP contribution in [0.4, 0.5) is 4.39 Å². The fraction of sp³-hybridized carbons (Fsp3) is 0.533. The monoisotopic (exact) mass is 358 g/mol. The normalized spacial score (nSPS) is 16.2. The first-order valence-corrected chi connectivity index (χ1v) is 7.83. The molecule has 1 heterocycles. The predicted octanol–water partition coefficient (Wildman–Crippen LogP) is 2.32. The second-order valence-corrected chi connectivity index (χ2v) is 6.07. The Balaban J connectivity index is 1.76. The molecule has 0 unspecified atom stereocenters. The number of amides is 1. The molecule has 1 aromatic rings. The number of hydrogen-bond acceptors (Lipinski definition) is 3. The highest BCUT2D eigenvalue weighted by Gasteiger charge is 2.22. The van der Waals surface area contributed by atoms with Crippen molar-refractivity contribution in [3.05, 3.63) is 34.1 Å². The van der Waals surface area contributed by atoms with Crippen molar-refractivity contribution in [3.8, 4) is 0 Å². The maximum absolute atomic E-state index is 13.4. The summed E-state index contributed by atoms with van der Waals surface area (Å²) in [6, 6.07) is 5.52. The molecule has 1 saturated heterocycles. The molecular weight excluding hydrogens is 339 g/mol. The van der Waals surface area contributed by atoms with Crippen molar-refractivity contribution in [2.24, 2.45) is 0 Å². The number of hydrogen-bond donors (Lipinski definition) is 1. The van der Waals surface area contributed by atoms with Gasteiger partial charge in [0.2, 0.25) is 5.91 Å². The molecule has 0 radical (unpaired) electrons. The summed E-state index contributed by atoms with van der Waals surface area (Å²) in [4.78, 5) is 13.5. The number of rotatable bonds is 5. The Morgan fingerprint density at radius 3 is 2.81 bits per heavy atom. The lowest BCUT2D eigenvalue weighted by molar-refractivity contribution is -0.136. The second-order valence-electron chi connectivity index (χ2n) is 5.22. The molecule has 21 heavy (non-hydrogen) atoms. The third-order valence-electron chi connectivity index (χ3n) is 3.69. The Hall–Kier alpha value is -0.980. The van der Waals surface area contributed by atoms with Crippen LogP contribution < -0.4 is 5.32 Å². The summed E-state index contributed by atoms with van der Waals surface area (Å²) >= 11 is 3.15. The van der Waals surface area contributed by atoms with Gasteiger partial charge in [-0.1, -0.05) is 6.07 Å². The van der Waals surface area contributed by atoms with Crippen LogP contribution in [0.25, 0.3) is 0 Å². The summed E-state index contributed by atoms with van der Waals surface area (Å²) in [5.74, 6) is -0.194. The summed E-state index contributed by atoms with van der Waals surface area (Å²) in [7, 11) is 1.53. The van der Waals surface area contributed by atoms with Gasteiger partial charge in [0.1, 0.15) is 12.4 Å². The maximum Gasteiger partial charge on any atom is 0.248 e. The smallest absolute Gasteiger partial charge is 0.248 e. The van der Waals surface area contributed by atoms with Gasteiger partial charge >= 0.3 is 0 Å². The SMILES string of the molecule is COCC(=O)N1CCC(NCc2ccc(Br)c(F)c2)CC1. The van der Waals surface area contributed by atoms with Crippen molar-refractivity contribution in [2.45, 2.75) is 25.4 Å². The van der Waals surface area contributed by atoms with E-state index in [-0.39, 0.29) is 18.3 Å². The van der Waals surface area contributed by atoms with Gasteiger partial charge < -0.3 is 15.0 Å². The van der Waals surface area contributed by atoms with Crippen molar-refractivity contribution < 1.29 is 13.9 Å². The minimum Gasteiger partial charge on any atom is -0.375 e. The Bertz CT molecular complexity index is 491. The minimum atomic E-state index is -0.241. The highest BCUT2D eigenvalue weighted by molar-refractivity contribution is 9.10. The molecule has 0 aliphatic carbocycles. The predicted molar refractivity (Wildman–Crippen MR) is 82.4 cm³/mol. The van der Waals surface area contributed by atoms with E-state index in [1.165, 1.54) is 13.2 Å². The molecule has 116 valence electrons. The van der Waals surface area contributed by atoms with Gasteiger partial charge in [0, 0.05) is 32.8 Å². The molecule has 0 saturated carbocycles. The van der Waals surface area contributed by atoms with Crippen LogP contribution in [0.3, 0.4) is 0 Å². The third-order valence-corrected chi connectivity index (χ3v) is 4.34. The molecule has 0 spiro atoms. The third kappa shape index (κ3) is 4.76. The van der Waals surface area contributed by atoms with Gasteiger partial charge in [-0.3, -0.25) is 4.79 Å². The molecule has 2 rings (SSSR count). The number of methoxy groups -OCH3 is 1. The quantitative estimate of drug-likeness (QED) is 0.878. The van der Waals surface area contributed by atoms with E-state index in [0.717, 1.165) is 31.5 Å². The number of nitrogens with one attached hydrogen (secondary N) is 1. The van der Waals surface area contributed by atoms with Gasteiger partial charge in [-0.25, -0.2) is 4.39 Å². The molecule has 1 fully saturated rings. The summed E-state index contributed by atoms with van der Waals surface area (Å²) in [6.45, 7) is 2.28. The first-order valence-electron chi connectivity index (χ1n) is 7.04. The summed E-state index contributed by atoms with van der Waals surface area (Å²) in [5, 5.41) is 3.42. The Morgan fingerprint density at radius 2 is 2.19 bits per heavy atom. The average molecular weight is 359 g/mol. The summed E-state index contributed by atoms with van der Waals surface area (Å²) in [6.07, 6.45) is 1.82. The van der Waals surface area contributed by atoms with Crippen LogP contribution in [0, 0.1) is 5.82 Å². The number of halogens is 2. The number of carbonyl (C=O) groups excluding carboxylic acids is 1. The second kappa shape index (κ2) is 7.87. The van der Waals surface area contributed by atoms with Crippen LogP contribution in [0.5, 0.6) is 0 Å². The Morgan fingerprint density at radius 1 is 1.48 bits per heavy atom. The Labute approximate surface area is 132 Å². The van der Waals surface area contributed by atoms with Crippen molar-refractivity contribution in [2.75, 3.05) is 26.8 Å². The van der Waals surface area contributed by atoms with Crippen molar-refractivity contribution in [1.82, 2.24) is 10.2 Å². The van der Waals surface area contributed by atoms with E-state index < -0.39 is 0 Å². The van der Waals surface area contributed by atoms with Gasteiger partial charge in [-0.05, 0) is 46.5 Å². The number of likely N-dealkylation sites (tertiary alicyclic amines) is 1. The first-order chi connectivity index (χ1) is 10.1. The van der Waals surface area contributed by atoms with Crippen LogP contribution in [0.15, 0.2) is 22.7 Å². The van der Waals surface area contributed by atoms with Crippen LogP contribution in [0.2, 0.25) is 0 Å². The van der Waals surface area contributed by atoms with Crippen LogP contribution in [-0.2, 0) is 16.1 Å². The van der Waals surface area contributed by atoms with Gasteiger partial charge in [0.15, 0.2) is 0 Å². The molecule has 1 N–H and O–H groups in total. The highest BCUT2D eigenvalue weighted by atomic mass is 79.9. The maximum atomic E-state index is 13.4. The lowest BCUT2D eigenvalue weighted by Gasteiger charge is -2.32. The molecule has 4 nitrogen and oxygen atoms in total. The summed E-state index contributed by atoms with van der Waals surface area (Å²) in [5.41, 5.74) is 0.925. The van der Waals surface area contributed by atoms with Crippen molar-refractivity contribution in [1.29, 1.82) is 0 Å². The van der Waals surface area contributed by atoms with E-state index in [1.807, 2.05) is 11.0 Å². The molecule has 1 aliphatic heterocycles. The average Bonchev–Trinajstić information content (AvgIpc) is 2.49. The molecule has 0 bridgehead atoms. The fourth-order valence-electron chi connectivity index (χ4n) is 2.46. The minimum absolute atomic E-state index is 0.0472. The topological polar surface area (TPSA) is 41.6 Å². The number of benzene rings is 1. The lowest BCUT2D eigenvalue weighted by Crippen LogP contribution is -2.45. The zero-order valence-corrected chi connectivity index (χ0v) is 13.7. The fourth-order valence-corrected chi connectivity index (χ4v) is 2.71. The summed E-state index contributed by atoms with van der Waals surface area (Å²) < 4.78 is 18.8. The van der Waals surface area contributed by atoms with Gasteiger partial charge in [-0.15, -0.1) is 0 Å². The van der Waals surface area contributed by atoms with Crippen LogP contribution >= 0.6 is 15.9 Å². The number of piperidine rings is 1. The first kappa shape index (κ1) is 16.4. The van der Waals surface area contributed by atoms with Crippen LogP contribution in [-0.4, -0.2) is 43.7 Å². The van der Waals surface area contributed by atoms with Gasteiger partial charge in [0.05, 0.1) is 4.47 Å². The van der Waals surface area contributed by atoms with E-state index >= 15 is 0 Å². The molecule has 0 aromatic heterocycles. The zero-order chi connectivity index (χ0) is 15.2. The van der Waals surface area contributed by atoms with E-state index in [4.69, 9.17) is 4.74 Å². The lowest BCUT2D eigenvalue weighted by atomic mass is 10.0. The Kier molecular flexibility index (Phi) is 6.14. The van der Waals surface area contributed by atoms with E-state index in [1.54, 1.807) is 6.07 Å². The van der Waals surface area contributed by atoms with Gasteiger partial charge in [0.25, 0.3) is 0 Å². The van der Waals surface area contributed by atoms with Crippen LogP contribution in [0.1, 0.15) is 18.4 Å². The largest absolute Gasteiger partial charge is 0.375 e. The zero-order valence-electron chi connectivity index (χ0n) is 12.1. The van der Waals surface area contributed by atoms with Crippen molar-refractivity contribution >= 4 is 21.8 Å².